The van der Waals surface area contributed by atoms with Crippen molar-refractivity contribution in [2.45, 2.75) is 45.8 Å². The molecule has 0 aliphatic heterocycles. The third-order valence-corrected chi connectivity index (χ3v) is 2.25. The van der Waals surface area contributed by atoms with Crippen molar-refractivity contribution in [3.8, 4) is 0 Å². The Labute approximate surface area is 86.2 Å². The molecule has 0 saturated heterocycles. The number of ether oxygens (including phenoxy) is 1. The number of carbonyl (C=O) groups is 1. The van der Waals surface area contributed by atoms with Gasteiger partial charge in [0.15, 0.2) is 0 Å². The zero-order valence-corrected chi connectivity index (χ0v) is 9.59. The predicted molar refractivity (Wildman–Crippen MR) is 57.0 cm³/mol. The first-order chi connectivity index (χ1) is 6.44. The molecule has 84 valence electrons. The second-order valence-corrected chi connectivity index (χ2v) is 3.75. The van der Waals surface area contributed by atoms with Crippen molar-refractivity contribution in [1.29, 1.82) is 0 Å². The summed E-state index contributed by atoms with van der Waals surface area (Å²) < 4.78 is 5.28. The summed E-state index contributed by atoms with van der Waals surface area (Å²) in [6.45, 7) is 8.64. The Morgan fingerprint density at radius 1 is 1.57 bits per heavy atom. The van der Waals surface area contributed by atoms with Gasteiger partial charge in [0.25, 0.3) is 0 Å². The minimum Gasteiger partial charge on any atom is -0.377 e. The summed E-state index contributed by atoms with van der Waals surface area (Å²) >= 11 is 0. The topological polar surface area (TPSA) is 64.3 Å². The summed E-state index contributed by atoms with van der Waals surface area (Å²) in [6, 6.07) is 0. The lowest BCUT2D eigenvalue weighted by atomic mass is 9.99. The Morgan fingerprint density at radius 3 is 2.57 bits per heavy atom. The fourth-order valence-electron chi connectivity index (χ4n) is 0.942. The predicted octanol–water partition coefficient (Wildman–Crippen LogP) is 0.655. The minimum atomic E-state index is -0.772. The van der Waals surface area contributed by atoms with Crippen molar-refractivity contribution >= 4 is 5.91 Å². The summed E-state index contributed by atoms with van der Waals surface area (Å²) in [6.07, 6.45) is 0.665. The van der Waals surface area contributed by atoms with E-state index in [1.54, 1.807) is 6.92 Å². The lowest BCUT2D eigenvalue weighted by Gasteiger charge is -2.22. The van der Waals surface area contributed by atoms with Gasteiger partial charge in [-0.25, -0.2) is 0 Å². The number of nitrogens with one attached hydrogen (secondary N) is 1. The number of carbonyl (C=O) groups excluding carboxylic acids is 1. The molecule has 0 heterocycles. The van der Waals surface area contributed by atoms with Crippen LogP contribution in [0.25, 0.3) is 0 Å². The van der Waals surface area contributed by atoms with Crippen LogP contribution in [0, 0.1) is 0 Å². The van der Waals surface area contributed by atoms with Gasteiger partial charge < -0.3 is 15.8 Å². The Kier molecular flexibility index (Phi) is 5.72. The molecule has 0 aromatic carbocycles. The van der Waals surface area contributed by atoms with E-state index >= 15 is 0 Å². The van der Waals surface area contributed by atoms with Gasteiger partial charge in [0.05, 0.1) is 11.6 Å². The number of amides is 1. The maximum absolute atomic E-state index is 11.5. The van der Waals surface area contributed by atoms with Crippen molar-refractivity contribution in [2.75, 3.05) is 13.2 Å². The van der Waals surface area contributed by atoms with Crippen LogP contribution in [0.15, 0.2) is 0 Å². The highest BCUT2D eigenvalue weighted by Gasteiger charge is 2.25. The molecule has 14 heavy (non-hydrogen) atoms. The van der Waals surface area contributed by atoms with Crippen LogP contribution in [-0.2, 0) is 9.53 Å². The van der Waals surface area contributed by atoms with Crippen molar-refractivity contribution < 1.29 is 9.53 Å². The maximum Gasteiger partial charge on any atom is 0.239 e. The molecule has 0 aliphatic rings. The lowest BCUT2D eigenvalue weighted by Crippen LogP contribution is -2.52. The molecule has 1 amide bonds. The van der Waals surface area contributed by atoms with Gasteiger partial charge in [-0.15, -0.1) is 0 Å². The molecule has 4 nitrogen and oxygen atoms in total. The van der Waals surface area contributed by atoms with Crippen LogP contribution in [0.4, 0.5) is 0 Å². The van der Waals surface area contributed by atoms with E-state index in [4.69, 9.17) is 10.5 Å². The Bertz CT molecular complexity index is 181. The standard InChI is InChI=1S/C10H22N2O2/c1-5-10(4,11)9(13)12-7-8(3)14-6-2/h8H,5-7,11H2,1-4H3,(H,12,13). The zero-order valence-electron chi connectivity index (χ0n) is 9.59. The highest BCUT2D eigenvalue weighted by molar-refractivity contribution is 5.85. The van der Waals surface area contributed by atoms with E-state index in [0.29, 0.717) is 19.6 Å². The average Bonchev–Trinajstić information content (AvgIpc) is 2.14. The molecule has 2 unspecified atom stereocenters. The van der Waals surface area contributed by atoms with Gasteiger partial charge in [0.1, 0.15) is 0 Å². The molecule has 2 atom stereocenters. The fourth-order valence-corrected chi connectivity index (χ4v) is 0.942. The van der Waals surface area contributed by atoms with Gasteiger partial charge in [-0.2, -0.15) is 0 Å². The summed E-state index contributed by atoms with van der Waals surface area (Å²) in [4.78, 5) is 11.5. The van der Waals surface area contributed by atoms with Gasteiger partial charge >= 0.3 is 0 Å². The SMILES string of the molecule is CCOC(C)CNC(=O)C(C)(N)CC. The van der Waals surface area contributed by atoms with Crippen molar-refractivity contribution in [3.63, 3.8) is 0 Å². The second-order valence-electron chi connectivity index (χ2n) is 3.75. The van der Waals surface area contributed by atoms with Crippen LogP contribution in [0.3, 0.4) is 0 Å². The first-order valence-corrected chi connectivity index (χ1v) is 5.12. The lowest BCUT2D eigenvalue weighted by molar-refractivity contribution is -0.126. The van der Waals surface area contributed by atoms with E-state index in [1.807, 2.05) is 20.8 Å². The first-order valence-electron chi connectivity index (χ1n) is 5.12. The molecule has 0 radical (unpaired) electrons. The molecule has 0 fully saturated rings. The van der Waals surface area contributed by atoms with E-state index in [0.717, 1.165) is 0 Å². The van der Waals surface area contributed by atoms with E-state index in [9.17, 15) is 4.79 Å². The Morgan fingerprint density at radius 2 is 2.14 bits per heavy atom. The molecule has 0 rings (SSSR count). The number of nitrogens with two attached hydrogens (primary N) is 1. The number of rotatable bonds is 6. The summed E-state index contributed by atoms with van der Waals surface area (Å²) in [5.74, 6) is -0.119. The number of hydrogen-bond acceptors (Lipinski definition) is 3. The largest absolute Gasteiger partial charge is 0.377 e. The summed E-state index contributed by atoms with van der Waals surface area (Å²) in [5.41, 5.74) is 4.99. The highest BCUT2D eigenvalue weighted by atomic mass is 16.5. The summed E-state index contributed by atoms with van der Waals surface area (Å²) in [5, 5.41) is 2.77. The third-order valence-electron chi connectivity index (χ3n) is 2.25. The quantitative estimate of drug-likeness (QED) is 0.665. The Balaban J connectivity index is 3.85. The van der Waals surface area contributed by atoms with E-state index < -0.39 is 5.54 Å². The van der Waals surface area contributed by atoms with Crippen LogP contribution in [0.1, 0.15) is 34.1 Å². The molecule has 0 spiro atoms. The van der Waals surface area contributed by atoms with Crippen LogP contribution >= 0.6 is 0 Å². The van der Waals surface area contributed by atoms with Gasteiger partial charge in [0.2, 0.25) is 5.91 Å². The monoisotopic (exact) mass is 202 g/mol. The zero-order chi connectivity index (χ0) is 11.2. The smallest absolute Gasteiger partial charge is 0.239 e. The maximum atomic E-state index is 11.5. The minimum absolute atomic E-state index is 0.0385. The fraction of sp³-hybridized carbons (Fsp3) is 0.900. The molecule has 4 heteroatoms. The molecular formula is C10H22N2O2. The number of hydrogen-bond donors (Lipinski definition) is 2. The van der Waals surface area contributed by atoms with Crippen LogP contribution in [-0.4, -0.2) is 30.7 Å². The van der Waals surface area contributed by atoms with Crippen LogP contribution < -0.4 is 11.1 Å². The Hall–Kier alpha value is -0.610. The van der Waals surface area contributed by atoms with Gasteiger partial charge in [-0.1, -0.05) is 6.92 Å². The molecular weight excluding hydrogens is 180 g/mol. The van der Waals surface area contributed by atoms with E-state index in [-0.39, 0.29) is 12.0 Å². The van der Waals surface area contributed by atoms with Crippen LogP contribution in [0.2, 0.25) is 0 Å². The molecule has 0 saturated carbocycles. The van der Waals surface area contributed by atoms with Gasteiger partial charge in [0, 0.05) is 13.2 Å². The van der Waals surface area contributed by atoms with Crippen molar-refractivity contribution in [1.82, 2.24) is 5.32 Å². The molecule has 0 aromatic rings. The molecule has 3 N–H and O–H groups in total. The van der Waals surface area contributed by atoms with Crippen molar-refractivity contribution in [2.24, 2.45) is 5.73 Å². The summed E-state index contributed by atoms with van der Waals surface area (Å²) in [7, 11) is 0. The molecule has 0 bridgehead atoms. The molecule has 0 aromatic heterocycles. The van der Waals surface area contributed by atoms with Crippen molar-refractivity contribution in [3.05, 3.63) is 0 Å². The normalized spacial score (nSPS) is 17.2. The second kappa shape index (κ2) is 5.98. The van der Waals surface area contributed by atoms with Crippen LogP contribution in [0.5, 0.6) is 0 Å². The van der Waals surface area contributed by atoms with Gasteiger partial charge in [-0.05, 0) is 27.2 Å². The highest BCUT2D eigenvalue weighted by Crippen LogP contribution is 2.04. The van der Waals surface area contributed by atoms with E-state index in [2.05, 4.69) is 5.32 Å². The van der Waals surface area contributed by atoms with Gasteiger partial charge in [-0.3, -0.25) is 4.79 Å². The third kappa shape index (κ3) is 4.58. The average molecular weight is 202 g/mol. The first kappa shape index (κ1) is 13.4. The molecule has 0 aliphatic carbocycles. The van der Waals surface area contributed by atoms with E-state index in [1.165, 1.54) is 0 Å².